The summed E-state index contributed by atoms with van der Waals surface area (Å²) < 4.78 is 7.49. The Morgan fingerprint density at radius 3 is 3.10 bits per heavy atom. The predicted molar refractivity (Wildman–Crippen MR) is 113 cm³/mol. The van der Waals surface area contributed by atoms with Crippen LogP contribution in [-0.4, -0.2) is 67.6 Å². The molecule has 5 heterocycles. The van der Waals surface area contributed by atoms with Gasteiger partial charge < -0.3 is 15.0 Å². The molecule has 3 aromatic rings. The topological polar surface area (TPSA) is 122 Å². The number of fused-ring (bicyclic) bond motifs is 1. The van der Waals surface area contributed by atoms with Crippen molar-refractivity contribution in [3.63, 3.8) is 0 Å². The second-order valence-electron chi connectivity index (χ2n) is 7.72. The van der Waals surface area contributed by atoms with Crippen LogP contribution in [0.3, 0.4) is 0 Å². The van der Waals surface area contributed by atoms with Crippen LogP contribution in [0, 0.1) is 0 Å². The predicted octanol–water partition coefficient (Wildman–Crippen LogP) is 0.682. The molecule has 10 nitrogen and oxygen atoms in total. The van der Waals surface area contributed by atoms with E-state index in [1.54, 1.807) is 35.5 Å². The Bertz CT molecular complexity index is 1210. The fraction of sp³-hybridized carbons (Fsp3) is 0.350. The average molecular weight is 440 g/mol. The van der Waals surface area contributed by atoms with Crippen molar-refractivity contribution in [1.82, 2.24) is 29.8 Å². The Morgan fingerprint density at radius 1 is 1.42 bits per heavy atom. The molecule has 1 unspecified atom stereocenters. The molecule has 0 aromatic carbocycles. The number of H-pyrrole nitrogens is 1. The number of aromatic nitrogens is 4. The average Bonchev–Trinajstić information content (AvgIpc) is 3.49. The molecule has 2 aliphatic rings. The van der Waals surface area contributed by atoms with Crippen molar-refractivity contribution in [3.05, 3.63) is 57.0 Å². The summed E-state index contributed by atoms with van der Waals surface area (Å²) in [5.74, 6) is -0.365. The normalized spacial score (nSPS) is 19.9. The van der Waals surface area contributed by atoms with Gasteiger partial charge in [-0.25, -0.2) is 19.3 Å². The highest BCUT2D eigenvalue weighted by Gasteiger charge is 2.51. The zero-order chi connectivity index (χ0) is 21.4. The third-order valence-electron chi connectivity index (χ3n) is 5.59. The largest absolute Gasteiger partial charge is 0.366 e. The number of rotatable bonds is 5. The summed E-state index contributed by atoms with van der Waals surface area (Å²) in [6, 6.07) is 3.32. The minimum Gasteiger partial charge on any atom is -0.366 e. The number of ether oxygens (including phenoxy) is 1. The number of nitrogens with one attached hydrogen (secondary N) is 2. The molecule has 1 atom stereocenters. The molecule has 2 fully saturated rings. The van der Waals surface area contributed by atoms with E-state index in [9.17, 15) is 14.4 Å². The first kappa shape index (κ1) is 19.6. The van der Waals surface area contributed by atoms with Gasteiger partial charge in [-0.3, -0.25) is 9.59 Å². The Morgan fingerprint density at radius 2 is 2.29 bits per heavy atom. The lowest BCUT2D eigenvalue weighted by molar-refractivity contribution is -0.125. The molecule has 3 aromatic heterocycles. The maximum absolute atomic E-state index is 12.9. The van der Waals surface area contributed by atoms with Crippen LogP contribution in [0.1, 0.15) is 28.2 Å². The second kappa shape index (κ2) is 7.75. The van der Waals surface area contributed by atoms with E-state index in [1.165, 1.54) is 21.8 Å². The van der Waals surface area contributed by atoms with Crippen molar-refractivity contribution in [3.8, 4) is 0 Å². The van der Waals surface area contributed by atoms with Crippen LogP contribution >= 0.6 is 11.3 Å². The molecule has 11 heteroatoms. The molecule has 1 spiro atoms. The van der Waals surface area contributed by atoms with Gasteiger partial charge in [0, 0.05) is 30.4 Å². The van der Waals surface area contributed by atoms with Crippen LogP contribution in [0.5, 0.6) is 0 Å². The molecule has 0 bridgehead atoms. The third-order valence-corrected chi connectivity index (χ3v) is 6.33. The Labute approximate surface area is 180 Å². The number of likely N-dealkylation sites (tertiary alicyclic amines) is 1. The first-order chi connectivity index (χ1) is 15.0. The van der Waals surface area contributed by atoms with E-state index >= 15 is 0 Å². The summed E-state index contributed by atoms with van der Waals surface area (Å²) in [5.41, 5.74) is -0.0464. The molecule has 160 valence electrons. The summed E-state index contributed by atoms with van der Waals surface area (Å²) in [4.78, 5) is 42.4. The summed E-state index contributed by atoms with van der Waals surface area (Å²) in [5, 5.41) is 11.8. The molecule has 0 radical (unpaired) electrons. The molecule has 2 amide bonds. The minimum absolute atomic E-state index is 0.0807. The summed E-state index contributed by atoms with van der Waals surface area (Å²) >= 11 is 1.46. The molecule has 0 saturated carbocycles. The number of hydrogen-bond donors (Lipinski definition) is 2. The Kier molecular flexibility index (Phi) is 4.91. The SMILES string of the molecule is O=C(/C=C/c1nccs1)NCC1CCC2(CN(C(=O)c3cccn4c(=O)[nH]nc34)C2)O1. The quantitative estimate of drug-likeness (QED) is 0.563. The van der Waals surface area contributed by atoms with Crippen molar-refractivity contribution in [2.24, 2.45) is 0 Å². The highest BCUT2D eigenvalue weighted by molar-refractivity contribution is 7.10. The van der Waals surface area contributed by atoms with E-state index in [0.717, 1.165) is 17.8 Å². The zero-order valence-electron chi connectivity index (χ0n) is 16.5. The number of carbonyl (C=O) groups excluding carboxylic acids is 2. The molecule has 0 aliphatic carbocycles. The number of amides is 2. The standard InChI is InChI=1S/C20H20N6O4S/c27-15(3-4-16-21-7-9-31-16)22-10-13-5-6-20(30-13)11-25(12-20)18(28)14-2-1-8-26-17(14)23-24-19(26)29/h1-4,7-9,13H,5-6,10-12H2,(H,22,27)(H,24,29)/b4-3+. The number of thiazole rings is 1. The van der Waals surface area contributed by atoms with E-state index < -0.39 is 0 Å². The highest BCUT2D eigenvalue weighted by Crippen LogP contribution is 2.38. The van der Waals surface area contributed by atoms with Crippen LogP contribution < -0.4 is 11.0 Å². The number of carbonyl (C=O) groups is 2. The van der Waals surface area contributed by atoms with Gasteiger partial charge in [-0.2, -0.15) is 5.10 Å². The first-order valence-electron chi connectivity index (χ1n) is 9.91. The van der Waals surface area contributed by atoms with Crippen molar-refractivity contribution in [1.29, 1.82) is 0 Å². The van der Waals surface area contributed by atoms with Gasteiger partial charge in [-0.15, -0.1) is 11.3 Å². The fourth-order valence-electron chi connectivity index (χ4n) is 4.07. The van der Waals surface area contributed by atoms with E-state index in [-0.39, 0.29) is 29.2 Å². The van der Waals surface area contributed by atoms with E-state index in [0.29, 0.717) is 30.8 Å². The number of pyridine rings is 1. The van der Waals surface area contributed by atoms with Gasteiger partial charge in [0.2, 0.25) is 5.91 Å². The lowest BCUT2D eigenvalue weighted by Gasteiger charge is -2.47. The third kappa shape index (κ3) is 3.77. The zero-order valence-corrected chi connectivity index (χ0v) is 17.3. The van der Waals surface area contributed by atoms with Gasteiger partial charge in [-0.05, 0) is 31.1 Å². The highest BCUT2D eigenvalue weighted by atomic mass is 32.1. The molecule has 2 aliphatic heterocycles. The maximum Gasteiger partial charge on any atom is 0.347 e. The number of nitrogens with zero attached hydrogens (tertiary/aromatic N) is 4. The summed E-state index contributed by atoms with van der Waals surface area (Å²) in [6.45, 7) is 1.39. The summed E-state index contributed by atoms with van der Waals surface area (Å²) in [7, 11) is 0. The van der Waals surface area contributed by atoms with Gasteiger partial charge >= 0.3 is 5.69 Å². The summed E-state index contributed by atoms with van der Waals surface area (Å²) in [6.07, 6.45) is 7.98. The van der Waals surface area contributed by atoms with Crippen LogP contribution in [0.4, 0.5) is 0 Å². The second-order valence-corrected chi connectivity index (χ2v) is 8.64. The molecular weight excluding hydrogens is 420 g/mol. The maximum atomic E-state index is 12.9. The molecular formula is C20H20N6O4S. The molecule has 31 heavy (non-hydrogen) atoms. The van der Waals surface area contributed by atoms with Crippen molar-refractivity contribution in [2.45, 2.75) is 24.5 Å². The monoisotopic (exact) mass is 440 g/mol. The van der Waals surface area contributed by atoms with Crippen LogP contribution in [0.2, 0.25) is 0 Å². The Balaban J connectivity index is 1.14. The molecule has 2 saturated heterocycles. The van der Waals surface area contributed by atoms with E-state index in [4.69, 9.17) is 4.74 Å². The molecule has 5 rings (SSSR count). The van der Waals surface area contributed by atoms with Crippen LogP contribution in [-0.2, 0) is 9.53 Å². The van der Waals surface area contributed by atoms with Gasteiger partial charge in [0.1, 0.15) is 10.6 Å². The number of hydrogen-bond acceptors (Lipinski definition) is 7. The van der Waals surface area contributed by atoms with Gasteiger partial charge in [0.25, 0.3) is 5.91 Å². The van der Waals surface area contributed by atoms with Crippen molar-refractivity contribution in [2.75, 3.05) is 19.6 Å². The molecule has 2 N–H and O–H groups in total. The van der Waals surface area contributed by atoms with Gasteiger partial charge in [-0.1, -0.05) is 0 Å². The van der Waals surface area contributed by atoms with E-state index in [1.807, 2.05) is 5.38 Å². The fourth-order valence-corrected chi connectivity index (χ4v) is 4.60. The lowest BCUT2D eigenvalue weighted by atomic mass is 9.90. The van der Waals surface area contributed by atoms with Gasteiger partial charge in [0.05, 0.1) is 24.8 Å². The van der Waals surface area contributed by atoms with E-state index in [2.05, 4.69) is 20.5 Å². The number of aromatic amines is 1. The van der Waals surface area contributed by atoms with Crippen molar-refractivity contribution < 1.29 is 14.3 Å². The van der Waals surface area contributed by atoms with Crippen LogP contribution in [0.25, 0.3) is 11.7 Å². The Hall–Kier alpha value is -3.31. The smallest absolute Gasteiger partial charge is 0.347 e. The van der Waals surface area contributed by atoms with Crippen molar-refractivity contribution >= 4 is 34.9 Å². The van der Waals surface area contributed by atoms with Crippen LogP contribution in [0.15, 0.2) is 40.8 Å². The first-order valence-corrected chi connectivity index (χ1v) is 10.8. The van der Waals surface area contributed by atoms with Gasteiger partial charge in [0.15, 0.2) is 5.65 Å². The lowest BCUT2D eigenvalue weighted by Crippen LogP contribution is -2.63. The minimum atomic E-state index is -0.379.